The number of benzene rings is 8. The molecule has 1 aliphatic rings. The van der Waals surface area contributed by atoms with Gasteiger partial charge in [0.05, 0.1) is 5.56 Å². The maximum absolute atomic E-state index is 16.7. The minimum absolute atomic E-state index is 0. The van der Waals surface area contributed by atoms with Gasteiger partial charge in [-0.25, -0.2) is 26.9 Å². The number of pyridine rings is 1. The van der Waals surface area contributed by atoms with Gasteiger partial charge < -0.3 is 19.1 Å². The van der Waals surface area contributed by atoms with E-state index < -0.39 is 40.1 Å². The second-order valence-corrected chi connectivity index (χ2v) is 23.3. The minimum Gasteiger partial charge on any atom is -0.509 e. The van der Waals surface area contributed by atoms with Gasteiger partial charge in [-0.05, 0) is 116 Å². The van der Waals surface area contributed by atoms with Gasteiger partial charge in [0.1, 0.15) is 5.82 Å². The molecule has 0 aliphatic carbocycles. The molecule has 8 aromatic carbocycles. The van der Waals surface area contributed by atoms with Gasteiger partial charge in [0.25, 0.3) is 0 Å². The van der Waals surface area contributed by atoms with Gasteiger partial charge in [-0.3, -0.25) is 0 Å². The number of hydrogen-bond acceptors (Lipinski definition) is 4. The Morgan fingerprint density at radius 3 is 1.77 bits per heavy atom. The average molecular weight is 1250 g/mol. The zero-order chi connectivity index (χ0) is 56.0. The van der Waals surface area contributed by atoms with Crippen molar-refractivity contribution in [1.29, 1.82) is 0 Å². The summed E-state index contributed by atoms with van der Waals surface area (Å²) >= 11 is 0. The molecule has 11 heteroatoms. The molecule has 0 unspecified atom stereocenters. The number of anilines is 4. The van der Waals surface area contributed by atoms with Crippen molar-refractivity contribution in [2.75, 3.05) is 9.80 Å². The van der Waals surface area contributed by atoms with Gasteiger partial charge in [-0.1, -0.05) is 148 Å². The Labute approximate surface area is 480 Å². The van der Waals surface area contributed by atoms with E-state index in [-0.39, 0.29) is 49.6 Å². The Hall–Kier alpha value is -7.55. The number of aryl methyl sites for hydroxylation is 1. The topological polar surface area (TPSA) is 33.5 Å². The Kier molecular flexibility index (Phi) is 14.7. The first-order valence-corrected chi connectivity index (χ1v) is 26.7. The number of fused-ring (bicyclic) bond motifs is 4. The molecular formula is C69H60F5N4OPt-3. The SMILES string of the molecule is Cc1ccccc1-c1cc(Oc2[c-]c3c(cc2)c2ccccc2n3-c2cc(C(C)(C)C)ccn2)[c-]c(N2[CH-]N(c3c(-c4cc(C(C)C)cc(C(C)C)c4)cc(C(C)(C)C)cc3-c3c(F)c(F)c(F)c(F)c3F)c3ccccc32)c1.[Pt]. The zero-order valence-corrected chi connectivity index (χ0v) is 48.8. The van der Waals surface area contributed by atoms with Crippen LogP contribution in [0.25, 0.3) is 61.0 Å². The summed E-state index contributed by atoms with van der Waals surface area (Å²) in [5.74, 6) is -8.40. The molecule has 0 N–H and O–H groups in total. The number of aromatic nitrogens is 2. The Morgan fingerprint density at radius 2 is 1.12 bits per heavy atom. The number of ether oxygens (including phenoxy) is 1. The third-order valence-electron chi connectivity index (χ3n) is 15.1. The molecular weight excluding hydrogens is 1190 g/mol. The summed E-state index contributed by atoms with van der Waals surface area (Å²) < 4.78 is 88.6. The number of rotatable bonds is 10. The zero-order valence-electron chi connectivity index (χ0n) is 46.5. The second kappa shape index (κ2) is 21.2. The van der Waals surface area contributed by atoms with E-state index in [9.17, 15) is 4.39 Å². The van der Waals surface area contributed by atoms with E-state index in [0.29, 0.717) is 39.7 Å². The molecule has 80 heavy (non-hydrogen) atoms. The number of para-hydroxylation sites is 3. The first kappa shape index (κ1) is 55.8. The molecule has 0 amide bonds. The van der Waals surface area contributed by atoms with Crippen LogP contribution in [0, 0.1) is 54.8 Å². The Balaban J connectivity index is 0.00000720. The molecule has 410 valence electrons. The van der Waals surface area contributed by atoms with Crippen LogP contribution in [0.1, 0.15) is 109 Å². The smallest absolute Gasteiger partial charge is 0.200 e. The average Bonchev–Trinajstić information content (AvgIpc) is 4.17. The van der Waals surface area contributed by atoms with Crippen LogP contribution >= 0.6 is 0 Å². The molecule has 0 spiro atoms. The van der Waals surface area contributed by atoms with E-state index in [4.69, 9.17) is 9.72 Å². The van der Waals surface area contributed by atoms with Crippen LogP contribution in [0.15, 0.2) is 146 Å². The quantitative estimate of drug-likeness (QED) is 0.0591. The van der Waals surface area contributed by atoms with Gasteiger partial charge in [-0.2, -0.15) is 6.07 Å². The minimum atomic E-state index is -2.23. The molecule has 0 bridgehead atoms. The fourth-order valence-corrected chi connectivity index (χ4v) is 10.6. The van der Waals surface area contributed by atoms with Crippen molar-refractivity contribution in [3.8, 4) is 50.7 Å². The third kappa shape index (κ3) is 9.99. The predicted octanol–water partition coefficient (Wildman–Crippen LogP) is 19.8. The molecule has 0 saturated heterocycles. The summed E-state index contributed by atoms with van der Waals surface area (Å²) in [7, 11) is 0. The van der Waals surface area contributed by atoms with Crippen molar-refractivity contribution < 1.29 is 47.8 Å². The number of nitrogens with zero attached hydrogens (tertiary/aromatic N) is 4. The van der Waals surface area contributed by atoms with Crippen LogP contribution < -0.4 is 14.5 Å². The summed E-state index contributed by atoms with van der Waals surface area (Å²) in [6.07, 6.45) is 1.84. The van der Waals surface area contributed by atoms with E-state index in [1.54, 1.807) is 17.6 Å². The van der Waals surface area contributed by atoms with Crippen molar-refractivity contribution in [2.24, 2.45) is 0 Å². The largest absolute Gasteiger partial charge is 0.509 e. The van der Waals surface area contributed by atoms with Crippen LogP contribution in [0.3, 0.4) is 0 Å². The van der Waals surface area contributed by atoms with Crippen LogP contribution in [-0.4, -0.2) is 9.55 Å². The Morgan fingerprint density at radius 1 is 0.537 bits per heavy atom. The molecule has 10 aromatic rings. The van der Waals surface area contributed by atoms with Gasteiger partial charge in [0.15, 0.2) is 23.3 Å². The molecule has 0 atom stereocenters. The van der Waals surface area contributed by atoms with Gasteiger partial charge in [-0.15, -0.1) is 53.6 Å². The number of hydrogen-bond donors (Lipinski definition) is 0. The molecule has 11 rings (SSSR count). The van der Waals surface area contributed by atoms with E-state index in [1.165, 1.54) is 0 Å². The molecule has 5 nitrogen and oxygen atoms in total. The molecule has 0 radical (unpaired) electrons. The normalized spacial score (nSPS) is 12.8. The van der Waals surface area contributed by atoms with E-state index in [0.717, 1.165) is 66.6 Å². The molecule has 0 saturated carbocycles. The van der Waals surface area contributed by atoms with Gasteiger partial charge >= 0.3 is 0 Å². The predicted molar refractivity (Wildman–Crippen MR) is 311 cm³/mol. The van der Waals surface area contributed by atoms with Crippen molar-refractivity contribution >= 4 is 44.6 Å². The van der Waals surface area contributed by atoms with Crippen molar-refractivity contribution in [3.05, 3.63) is 221 Å². The summed E-state index contributed by atoms with van der Waals surface area (Å²) in [4.78, 5) is 8.57. The van der Waals surface area contributed by atoms with E-state index >= 15 is 17.6 Å². The van der Waals surface area contributed by atoms with Crippen molar-refractivity contribution in [3.63, 3.8) is 0 Å². The maximum atomic E-state index is 16.7. The third-order valence-corrected chi connectivity index (χ3v) is 15.1. The molecule has 1 aliphatic heterocycles. The summed E-state index contributed by atoms with van der Waals surface area (Å²) in [6, 6.07) is 52.8. The van der Waals surface area contributed by atoms with Crippen LogP contribution in [0.4, 0.5) is 44.7 Å². The van der Waals surface area contributed by atoms with Gasteiger partial charge in [0, 0.05) is 72.5 Å². The van der Waals surface area contributed by atoms with Crippen molar-refractivity contribution in [2.45, 2.75) is 98.8 Å². The van der Waals surface area contributed by atoms with Crippen LogP contribution in [0.5, 0.6) is 11.5 Å². The molecule has 0 fully saturated rings. The summed E-state index contributed by atoms with van der Waals surface area (Å²) in [5.41, 5.74) is 9.62. The van der Waals surface area contributed by atoms with E-state index in [2.05, 4.69) is 102 Å². The van der Waals surface area contributed by atoms with Crippen LogP contribution in [0.2, 0.25) is 0 Å². The summed E-state index contributed by atoms with van der Waals surface area (Å²) in [5, 5.41) is 2.02. The van der Waals surface area contributed by atoms with Crippen molar-refractivity contribution in [1.82, 2.24) is 9.55 Å². The fraction of sp³-hybridized carbons (Fsp3) is 0.217. The van der Waals surface area contributed by atoms with Crippen LogP contribution in [-0.2, 0) is 31.9 Å². The van der Waals surface area contributed by atoms with E-state index in [1.807, 2.05) is 136 Å². The standard InChI is InChI=1S/C69H60F5N4O.Pt/c1-39(2)42-28-43(40(3)4)30-44(29-42)54-33-47(69(9,10)11)34-55(61-62(70)64(72)66(74)65(73)63(61)71)67(54)77-38-76(57-22-16-17-23-58(57)77)48-31-45(51-19-13-12-18-41(51)5)32-50(36-48)79-49-24-25-53-52-20-14-15-21-56(52)78(59(53)37-49)60-35-46(26-27-75-60)68(6,7)8;/h12-35,38-40H,1-11H3;/q-3;. The number of halogens is 5. The van der Waals surface area contributed by atoms with Gasteiger partial charge in [0.2, 0.25) is 5.82 Å². The monoisotopic (exact) mass is 1250 g/mol. The molecule has 2 aromatic heterocycles. The first-order valence-electron chi connectivity index (χ1n) is 26.7. The molecule has 3 heterocycles. The Bertz CT molecular complexity index is 4000. The maximum Gasteiger partial charge on any atom is 0.200 e. The summed E-state index contributed by atoms with van der Waals surface area (Å²) in [6.45, 7) is 24.6. The fourth-order valence-electron chi connectivity index (χ4n) is 10.6. The first-order chi connectivity index (χ1) is 37.6. The second-order valence-electron chi connectivity index (χ2n) is 23.3.